The molecule has 0 saturated carbocycles. The maximum Gasteiger partial charge on any atom is 0.405 e. The van der Waals surface area contributed by atoms with Crippen molar-refractivity contribution in [1.29, 1.82) is 0 Å². The second-order valence-electron chi connectivity index (χ2n) is 5.33. The molecule has 1 aliphatic heterocycles. The topological polar surface area (TPSA) is 23.6 Å². The predicted octanol–water partition coefficient (Wildman–Crippen LogP) is 2.46. The number of piperazine rings is 1. The van der Waals surface area contributed by atoms with Gasteiger partial charge in [0.05, 0.1) is 6.42 Å². The lowest BCUT2D eigenvalue weighted by atomic mass is 10.1. The number of amides is 1. The van der Waals surface area contributed by atoms with E-state index in [0.29, 0.717) is 12.1 Å². The molecule has 1 fully saturated rings. The maximum absolute atomic E-state index is 13.1. The molecule has 0 spiro atoms. The molecule has 22 heavy (non-hydrogen) atoms. The first kappa shape index (κ1) is 16.7. The Kier molecular flexibility index (Phi) is 5.05. The SMILES string of the molecule is CCN1CCN(C(=O)Cc2ccc(F)cc2)CC1C(F)(F)F. The van der Waals surface area contributed by atoms with Crippen LogP contribution in [0, 0.1) is 5.82 Å². The van der Waals surface area contributed by atoms with Gasteiger partial charge in [-0.1, -0.05) is 19.1 Å². The van der Waals surface area contributed by atoms with Crippen molar-refractivity contribution in [2.75, 3.05) is 26.2 Å². The van der Waals surface area contributed by atoms with E-state index >= 15 is 0 Å². The molecule has 1 saturated heterocycles. The number of alkyl halides is 3. The van der Waals surface area contributed by atoms with E-state index in [1.165, 1.54) is 34.1 Å². The number of hydrogen-bond donors (Lipinski definition) is 0. The average Bonchev–Trinajstić information content (AvgIpc) is 2.48. The van der Waals surface area contributed by atoms with Crippen LogP contribution in [0.25, 0.3) is 0 Å². The molecule has 1 aromatic rings. The number of halogens is 4. The third-order valence-corrected chi connectivity index (χ3v) is 3.90. The molecule has 3 nitrogen and oxygen atoms in total. The highest BCUT2D eigenvalue weighted by molar-refractivity contribution is 5.79. The van der Waals surface area contributed by atoms with Crippen molar-refractivity contribution in [2.24, 2.45) is 0 Å². The zero-order valence-electron chi connectivity index (χ0n) is 12.2. The molecule has 2 rings (SSSR count). The van der Waals surface area contributed by atoms with Crippen LogP contribution in [0.15, 0.2) is 24.3 Å². The number of carbonyl (C=O) groups excluding carboxylic acids is 1. The average molecular weight is 318 g/mol. The van der Waals surface area contributed by atoms with E-state index in [-0.39, 0.29) is 32.0 Å². The van der Waals surface area contributed by atoms with Crippen molar-refractivity contribution in [3.05, 3.63) is 35.6 Å². The summed E-state index contributed by atoms with van der Waals surface area (Å²) in [4.78, 5) is 14.7. The van der Waals surface area contributed by atoms with Gasteiger partial charge in [0.1, 0.15) is 11.9 Å². The molecular formula is C15H18F4N2O. The summed E-state index contributed by atoms with van der Waals surface area (Å²) in [5.41, 5.74) is 0.591. The molecule has 7 heteroatoms. The fourth-order valence-corrected chi connectivity index (χ4v) is 2.62. The molecule has 1 heterocycles. The van der Waals surface area contributed by atoms with Gasteiger partial charge in [-0.2, -0.15) is 13.2 Å². The lowest BCUT2D eigenvalue weighted by Crippen LogP contribution is -2.60. The van der Waals surface area contributed by atoms with Gasteiger partial charge in [-0.15, -0.1) is 0 Å². The minimum absolute atomic E-state index is 0.0169. The van der Waals surface area contributed by atoms with Crippen molar-refractivity contribution in [1.82, 2.24) is 9.80 Å². The van der Waals surface area contributed by atoms with Crippen LogP contribution in [-0.2, 0) is 11.2 Å². The van der Waals surface area contributed by atoms with Gasteiger partial charge >= 0.3 is 6.18 Å². The van der Waals surface area contributed by atoms with Crippen molar-refractivity contribution >= 4 is 5.91 Å². The Balaban J connectivity index is 2.03. The summed E-state index contributed by atoms with van der Waals surface area (Å²) in [5, 5.41) is 0. The van der Waals surface area contributed by atoms with Gasteiger partial charge in [-0.3, -0.25) is 9.69 Å². The second-order valence-corrected chi connectivity index (χ2v) is 5.33. The van der Waals surface area contributed by atoms with Crippen molar-refractivity contribution in [3.63, 3.8) is 0 Å². The van der Waals surface area contributed by atoms with Crippen LogP contribution in [0.2, 0.25) is 0 Å². The Labute approximate surface area is 126 Å². The molecule has 1 amide bonds. The zero-order chi connectivity index (χ0) is 16.3. The molecule has 1 unspecified atom stereocenters. The van der Waals surface area contributed by atoms with Crippen molar-refractivity contribution in [2.45, 2.75) is 25.6 Å². The molecule has 0 bridgehead atoms. The molecule has 1 aliphatic rings. The van der Waals surface area contributed by atoms with Crippen molar-refractivity contribution < 1.29 is 22.4 Å². The van der Waals surface area contributed by atoms with Crippen LogP contribution in [0.5, 0.6) is 0 Å². The Morgan fingerprint density at radius 1 is 1.23 bits per heavy atom. The summed E-state index contributed by atoms with van der Waals surface area (Å²) in [6.07, 6.45) is -4.37. The fourth-order valence-electron chi connectivity index (χ4n) is 2.62. The smallest absolute Gasteiger partial charge is 0.339 e. The number of carbonyl (C=O) groups is 1. The lowest BCUT2D eigenvalue weighted by Gasteiger charge is -2.41. The minimum atomic E-state index is -4.36. The van der Waals surface area contributed by atoms with E-state index in [4.69, 9.17) is 0 Å². The van der Waals surface area contributed by atoms with E-state index in [9.17, 15) is 22.4 Å². The van der Waals surface area contributed by atoms with Gasteiger partial charge in [0.25, 0.3) is 0 Å². The molecule has 0 aromatic heterocycles. The van der Waals surface area contributed by atoms with Gasteiger partial charge in [0, 0.05) is 19.6 Å². The van der Waals surface area contributed by atoms with Gasteiger partial charge in [0.2, 0.25) is 5.91 Å². The Morgan fingerprint density at radius 3 is 2.41 bits per heavy atom. The van der Waals surface area contributed by atoms with E-state index in [2.05, 4.69) is 0 Å². The Hall–Kier alpha value is -1.63. The third-order valence-electron chi connectivity index (χ3n) is 3.90. The third kappa shape index (κ3) is 3.97. The van der Waals surface area contributed by atoms with Crippen LogP contribution in [0.1, 0.15) is 12.5 Å². The maximum atomic E-state index is 13.1. The number of likely N-dealkylation sites (N-methyl/N-ethyl adjacent to an activating group) is 1. The molecule has 0 N–H and O–H groups in total. The summed E-state index contributed by atoms with van der Waals surface area (Å²) < 4.78 is 52.0. The largest absolute Gasteiger partial charge is 0.405 e. The summed E-state index contributed by atoms with van der Waals surface area (Å²) in [6.45, 7) is 2.10. The number of rotatable bonds is 3. The van der Waals surface area contributed by atoms with E-state index in [1.807, 2.05) is 0 Å². The quantitative estimate of drug-likeness (QED) is 0.800. The molecular weight excluding hydrogens is 300 g/mol. The first-order chi connectivity index (χ1) is 10.3. The Morgan fingerprint density at radius 2 is 1.86 bits per heavy atom. The predicted molar refractivity (Wildman–Crippen MR) is 73.8 cm³/mol. The number of hydrogen-bond acceptors (Lipinski definition) is 2. The normalized spacial score (nSPS) is 20.2. The summed E-state index contributed by atoms with van der Waals surface area (Å²) in [5.74, 6) is -0.776. The molecule has 122 valence electrons. The molecule has 0 aliphatic carbocycles. The van der Waals surface area contributed by atoms with Crippen LogP contribution in [-0.4, -0.2) is 54.1 Å². The summed E-state index contributed by atoms with van der Waals surface area (Å²) in [7, 11) is 0. The standard InChI is InChI=1S/C15H18F4N2O/c1-2-20-7-8-21(10-13(20)15(17,18)19)14(22)9-11-3-5-12(16)6-4-11/h3-6,13H,2,7-10H2,1H3. The highest BCUT2D eigenvalue weighted by Gasteiger charge is 2.46. The molecule has 1 aromatic carbocycles. The summed E-state index contributed by atoms with van der Waals surface area (Å²) >= 11 is 0. The number of nitrogens with zero attached hydrogens (tertiary/aromatic N) is 2. The van der Waals surface area contributed by atoms with Crippen LogP contribution >= 0.6 is 0 Å². The second kappa shape index (κ2) is 6.64. The zero-order valence-corrected chi connectivity index (χ0v) is 12.2. The van der Waals surface area contributed by atoms with Crippen LogP contribution < -0.4 is 0 Å². The number of benzene rings is 1. The minimum Gasteiger partial charge on any atom is -0.339 e. The van der Waals surface area contributed by atoms with Crippen LogP contribution in [0.4, 0.5) is 17.6 Å². The van der Waals surface area contributed by atoms with Gasteiger partial charge in [0.15, 0.2) is 0 Å². The highest BCUT2D eigenvalue weighted by atomic mass is 19.4. The van der Waals surface area contributed by atoms with Crippen molar-refractivity contribution in [3.8, 4) is 0 Å². The Bertz CT molecular complexity index is 515. The van der Waals surface area contributed by atoms with Gasteiger partial charge in [-0.25, -0.2) is 4.39 Å². The first-order valence-electron chi connectivity index (χ1n) is 7.14. The molecule has 1 atom stereocenters. The summed E-state index contributed by atoms with van der Waals surface area (Å²) in [6, 6.07) is 3.78. The van der Waals surface area contributed by atoms with Gasteiger partial charge in [-0.05, 0) is 24.2 Å². The fraction of sp³-hybridized carbons (Fsp3) is 0.533. The van der Waals surface area contributed by atoms with E-state index in [0.717, 1.165) is 0 Å². The van der Waals surface area contributed by atoms with E-state index in [1.54, 1.807) is 6.92 Å². The highest BCUT2D eigenvalue weighted by Crippen LogP contribution is 2.28. The molecule has 0 radical (unpaired) electrons. The van der Waals surface area contributed by atoms with Gasteiger partial charge < -0.3 is 4.90 Å². The lowest BCUT2D eigenvalue weighted by molar-refractivity contribution is -0.197. The van der Waals surface area contributed by atoms with E-state index < -0.39 is 18.0 Å². The van der Waals surface area contributed by atoms with Crippen LogP contribution in [0.3, 0.4) is 0 Å². The first-order valence-corrected chi connectivity index (χ1v) is 7.14. The monoisotopic (exact) mass is 318 g/mol.